The standard InChI is InChI=1S/C14H12N2O/c1-2-11-6-3-4-7-13(11)17-14-8-5-9-16-12(14)10-15/h3-9H,2H2,1H3. The molecule has 17 heavy (non-hydrogen) atoms. The van der Waals surface area contributed by atoms with Crippen LogP contribution in [0.3, 0.4) is 0 Å². The number of nitriles is 1. The Balaban J connectivity index is 2.35. The van der Waals surface area contributed by atoms with E-state index in [1.54, 1.807) is 18.3 Å². The van der Waals surface area contributed by atoms with Crippen molar-refractivity contribution in [2.75, 3.05) is 0 Å². The third-order valence-corrected chi connectivity index (χ3v) is 2.45. The molecule has 1 aromatic heterocycles. The predicted octanol–water partition coefficient (Wildman–Crippen LogP) is 3.31. The minimum atomic E-state index is 0.304. The summed E-state index contributed by atoms with van der Waals surface area (Å²) in [6, 6.07) is 13.3. The van der Waals surface area contributed by atoms with Crippen molar-refractivity contribution in [3.05, 3.63) is 53.9 Å². The number of para-hydroxylation sites is 1. The number of rotatable bonds is 3. The fraction of sp³-hybridized carbons (Fsp3) is 0.143. The molecule has 0 atom stereocenters. The van der Waals surface area contributed by atoms with Gasteiger partial charge >= 0.3 is 0 Å². The molecule has 2 rings (SSSR count). The molecule has 2 aromatic rings. The van der Waals surface area contributed by atoms with Crippen molar-refractivity contribution < 1.29 is 4.74 Å². The summed E-state index contributed by atoms with van der Waals surface area (Å²) in [5, 5.41) is 8.93. The molecule has 0 saturated heterocycles. The van der Waals surface area contributed by atoms with Crippen LogP contribution in [0.5, 0.6) is 11.5 Å². The smallest absolute Gasteiger partial charge is 0.183 e. The SMILES string of the molecule is CCc1ccccc1Oc1cccnc1C#N. The van der Waals surface area contributed by atoms with Gasteiger partial charge in [-0.3, -0.25) is 0 Å². The van der Waals surface area contributed by atoms with Gasteiger partial charge in [-0.1, -0.05) is 25.1 Å². The zero-order valence-electron chi connectivity index (χ0n) is 9.55. The van der Waals surface area contributed by atoms with Gasteiger partial charge in [-0.25, -0.2) is 4.98 Å². The summed E-state index contributed by atoms with van der Waals surface area (Å²) in [6.45, 7) is 2.07. The van der Waals surface area contributed by atoms with E-state index in [4.69, 9.17) is 10.00 Å². The van der Waals surface area contributed by atoms with Crippen molar-refractivity contribution in [2.24, 2.45) is 0 Å². The molecule has 0 radical (unpaired) electrons. The van der Waals surface area contributed by atoms with Gasteiger partial charge in [-0.15, -0.1) is 0 Å². The van der Waals surface area contributed by atoms with Crippen LogP contribution in [0.1, 0.15) is 18.2 Å². The Morgan fingerprint density at radius 1 is 1.18 bits per heavy atom. The molecule has 0 bridgehead atoms. The Bertz CT molecular complexity index is 558. The zero-order chi connectivity index (χ0) is 12.1. The fourth-order valence-corrected chi connectivity index (χ4v) is 1.57. The van der Waals surface area contributed by atoms with Crippen LogP contribution >= 0.6 is 0 Å². The van der Waals surface area contributed by atoms with Crippen LogP contribution in [-0.4, -0.2) is 4.98 Å². The second kappa shape index (κ2) is 5.13. The third kappa shape index (κ3) is 2.43. The van der Waals surface area contributed by atoms with Crippen LogP contribution in [0, 0.1) is 11.3 Å². The average Bonchev–Trinajstić information content (AvgIpc) is 2.40. The number of aryl methyl sites for hydroxylation is 1. The summed E-state index contributed by atoms with van der Waals surface area (Å²) in [7, 11) is 0. The highest BCUT2D eigenvalue weighted by Crippen LogP contribution is 2.26. The van der Waals surface area contributed by atoms with E-state index in [1.165, 1.54) is 0 Å². The maximum atomic E-state index is 8.93. The number of ether oxygens (including phenoxy) is 1. The van der Waals surface area contributed by atoms with Crippen molar-refractivity contribution in [3.8, 4) is 17.6 Å². The van der Waals surface area contributed by atoms with Gasteiger partial charge in [-0.05, 0) is 30.2 Å². The fourth-order valence-electron chi connectivity index (χ4n) is 1.57. The maximum Gasteiger partial charge on any atom is 0.183 e. The van der Waals surface area contributed by atoms with Crippen LogP contribution in [0.4, 0.5) is 0 Å². The van der Waals surface area contributed by atoms with Crippen LogP contribution < -0.4 is 4.74 Å². The molecule has 0 spiro atoms. The lowest BCUT2D eigenvalue weighted by atomic mass is 10.1. The Morgan fingerprint density at radius 2 is 1.94 bits per heavy atom. The lowest BCUT2D eigenvalue weighted by Crippen LogP contribution is -1.93. The predicted molar refractivity (Wildman–Crippen MR) is 64.8 cm³/mol. The number of nitrogens with zero attached hydrogens (tertiary/aromatic N) is 2. The van der Waals surface area contributed by atoms with Gasteiger partial charge in [-0.2, -0.15) is 5.26 Å². The van der Waals surface area contributed by atoms with E-state index in [9.17, 15) is 0 Å². The van der Waals surface area contributed by atoms with Crippen LogP contribution in [0.2, 0.25) is 0 Å². The highest BCUT2D eigenvalue weighted by Gasteiger charge is 2.07. The molecule has 0 saturated carbocycles. The van der Waals surface area contributed by atoms with Gasteiger partial charge < -0.3 is 4.74 Å². The average molecular weight is 224 g/mol. The zero-order valence-corrected chi connectivity index (χ0v) is 9.55. The second-order valence-electron chi connectivity index (χ2n) is 3.53. The Hall–Kier alpha value is -2.34. The molecule has 0 N–H and O–H groups in total. The molecule has 0 fully saturated rings. The summed E-state index contributed by atoms with van der Waals surface area (Å²) in [5.41, 5.74) is 1.42. The minimum absolute atomic E-state index is 0.304. The molecule has 1 aromatic carbocycles. The van der Waals surface area contributed by atoms with Crippen molar-refractivity contribution >= 4 is 0 Å². The maximum absolute atomic E-state index is 8.93. The first-order valence-electron chi connectivity index (χ1n) is 5.46. The van der Waals surface area contributed by atoms with E-state index < -0.39 is 0 Å². The first-order chi connectivity index (χ1) is 8.35. The summed E-state index contributed by atoms with van der Waals surface area (Å²) >= 11 is 0. The van der Waals surface area contributed by atoms with Crippen LogP contribution in [0.25, 0.3) is 0 Å². The summed E-state index contributed by atoms with van der Waals surface area (Å²) in [6.07, 6.45) is 2.47. The molecule has 0 aliphatic carbocycles. The van der Waals surface area contributed by atoms with Gasteiger partial charge in [0, 0.05) is 6.20 Å². The minimum Gasteiger partial charge on any atom is -0.454 e. The summed E-state index contributed by atoms with van der Waals surface area (Å²) in [4.78, 5) is 3.96. The van der Waals surface area contributed by atoms with Crippen molar-refractivity contribution in [1.82, 2.24) is 4.98 Å². The largest absolute Gasteiger partial charge is 0.454 e. The lowest BCUT2D eigenvalue weighted by Gasteiger charge is -2.10. The molecular weight excluding hydrogens is 212 g/mol. The number of pyridine rings is 1. The number of aromatic nitrogens is 1. The van der Waals surface area contributed by atoms with Gasteiger partial charge in [0.05, 0.1) is 0 Å². The molecule has 0 aliphatic rings. The van der Waals surface area contributed by atoms with Crippen LogP contribution in [0.15, 0.2) is 42.6 Å². The van der Waals surface area contributed by atoms with E-state index >= 15 is 0 Å². The van der Waals surface area contributed by atoms with E-state index in [0.29, 0.717) is 11.4 Å². The molecule has 84 valence electrons. The van der Waals surface area contributed by atoms with Crippen molar-refractivity contribution in [1.29, 1.82) is 5.26 Å². The number of hydrogen-bond donors (Lipinski definition) is 0. The van der Waals surface area contributed by atoms with Gasteiger partial charge in [0.2, 0.25) is 0 Å². The highest BCUT2D eigenvalue weighted by atomic mass is 16.5. The van der Waals surface area contributed by atoms with Gasteiger partial charge in [0.1, 0.15) is 11.8 Å². The Morgan fingerprint density at radius 3 is 2.71 bits per heavy atom. The lowest BCUT2D eigenvalue weighted by molar-refractivity contribution is 0.472. The van der Waals surface area contributed by atoms with E-state index in [0.717, 1.165) is 17.7 Å². The topological polar surface area (TPSA) is 45.9 Å². The van der Waals surface area contributed by atoms with Gasteiger partial charge in [0.25, 0.3) is 0 Å². The highest BCUT2D eigenvalue weighted by molar-refractivity contribution is 5.42. The molecule has 3 heteroatoms. The van der Waals surface area contributed by atoms with E-state index in [-0.39, 0.29) is 0 Å². The summed E-state index contributed by atoms with van der Waals surface area (Å²) < 4.78 is 5.74. The number of hydrogen-bond acceptors (Lipinski definition) is 3. The van der Waals surface area contributed by atoms with E-state index in [1.807, 2.05) is 30.3 Å². The normalized spacial score (nSPS) is 9.65. The molecule has 0 amide bonds. The number of benzene rings is 1. The van der Waals surface area contributed by atoms with Crippen molar-refractivity contribution in [3.63, 3.8) is 0 Å². The second-order valence-corrected chi connectivity index (χ2v) is 3.53. The van der Waals surface area contributed by atoms with E-state index in [2.05, 4.69) is 11.9 Å². The molecular formula is C14H12N2O. The third-order valence-electron chi connectivity index (χ3n) is 2.45. The molecule has 0 aliphatic heterocycles. The van der Waals surface area contributed by atoms with Crippen LogP contribution in [-0.2, 0) is 6.42 Å². The quantitative estimate of drug-likeness (QED) is 0.803. The molecule has 3 nitrogen and oxygen atoms in total. The first kappa shape index (κ1) is 11.2. The monoisotopic (exact) mass is 224 g/mol. The Labute approximate surface area is 100 Å². The van der Waals surface area contributed by atoms with Crippen molar-refractivity contribution in [2.45, 2.75) is 13.3 Å². The molecule has 0 unspecified atom stereocenters. The first-order valence-corrected chi connectivity index (χ1v) is 5.46. The summed E-state index contributed by atoms with van der Waals surface area (Å²) in [5.74, 6) is 1.27. The Kier molecular flexibility index (Phi) is 3.37. The molecule has 1 heterocycles. The van der Waals surface area contributed by atoms with Gasteiger partial charge in [0.15, 0.2) is 11.4 Å².